The molecule has 0 aliphatic rings. The largest absolute Gasteiger partial charge is 0.322 e. The quantitative estimate of drug-likeness (QED) is 0.396. The SMILES string of the molecule is Cc1cccc(NC(=O)c2cc([N+](=O)[O-])ccc2Sc2ccc(Cl)cc2)c1C. The minimum absolute atomic E-state index is 0.133. The second-order valence-corrected chi connectivity index (χ2v) is 7.75. The highest BCUT2D eigenvalue weighted by Crippen LogP contribution is 2.34. The van der Waals surface area contributed by atoms with E-state index < -0.39 is 10.8 Å². The first-order chi connectivity index (χ1) is 13.3. The van der Waals surface area contributed by atoms with Crippen molar-refractivity contribution in [1.29, 1.82) is 0 Å². The lowest BCUT2D eigenvalue weighted by Gasteiger charge is -2.13. The second-order valence-electron chi connectivity index (χ2n) is 6.20. The molecule has 0 unspecified atom stereocenters. The van der Waals surface area contributed by atoms with Gasteiger partial charge in [-0.1, -0.05) is 35.5 Å². The van der Waals surface area contributed by atoms with Crippen LogP contribution in [0.3, 0.4) is 0 Å². The number of nitrogens with zero attached hydrogens (tertiary/aromatic N) is 1. The summed E-state index contributed by atoms with van der Waals surface area (Å²) in [5, 5.41) is 14.7. The number of hydrogen-bond acceptors (Lipinski definition) is 4. The van der Waals surface area contributed by atoms with Crippen LogP contribution in [-0.4, -0.2) is 10.8 Å². The summed E-state index contributed by atoms with van der Waals surface area (Å²) < 4.78 is 0. The van der Waals surface area contributed by atoms with Gasteiger partial charge in [-0.3, -0.25) is 14.9 Å². The highest BCUT2D eigenvalue weighted by Gasteiger charge is 2.18. The molecule has 1 N–H and O–H groups in total. The number of nitro benzene ring substituents is 1. The van der Waals surface area contributed by atoms with Gasteiger partial charge in [0.15, 0.2) is 0 Å². The molecule has 3 rings (SSSR count). The van der Waals surface area contributed by atoms with Gasteiger partial charge in [0.2, 0.25) is 0 Å². The number of halogens is 1. The van der Waals surface area contributed by atoms with Crippen molar-refractivity contribution < 1.29 is 9.72 Å². The Balaban J connectivity index is 1.97. The number of aryl methyl sites for hydroxylation is 1. The van der Waals surface area contributed by atoms with Crippen LogP contribution in [0, 0.1) is 24.0 Å². The normalized spacial score (nSPS) is 10.5. The van der Waals surface area contributed by atoms with Crippen LogP contribution in [0.5, 0.6) is 0 Å². The minimum Gasteiger partial charge on any atom is -0.322 e. The molecule has 1 amide bonds. The van der Waals surface area contributed by atoms with E-state index in [1.165, 1.54) is 23.9 Å². The molecule has 0 heterocycles. The maximum absolute atomic E-state index is 12.9. The predicted molar refractivity (Wildman–Crippen MR) is 113 cm³/mol. The molecule has 3 aromatic carbocycles. The highest BCUT2D eigenvalue weighted by molar-refractivity contribution is 7.99. The Labute approximate surface area is 171 Å². The van der Waals surface area contributed by atoms with Crippen LogP contribution in [0.2, 0.25) is 5.02 Å². The van der Waals surface area contributed by atoms with Gasteiger partial charge >= 0.3 is 0 Å². The summed E-state index contributed by atoms with van der Waals surface area (Å²) in [5.41, 5.74) is 2.79. The smallest absolute Gasteiger partial charge is 0.270 e. The van der Waals surface area contributed by atoms with Crippen LogP contribution < -0.4 is 5.32 Å². The van der Waals surface area contributed by atoms with Gasteiger partial charge in [-0.15, -0.1) is 0 Å². The van der Waals surface area contributed by atoms with E-state index in [1.807, 2.05) is 44.2 Å². The van der Waals surface area contributed by atoms with Gasteiger partial charge in [0.05, 0.1) is 10.5 Å². The zero-order valence-corrected chi connectivity index (χ0v) is 16.8. The Morgan fingerprint density at radius 1 is 1.07 bits per heavy atom. The summed E-state index contributed by atoms with van der Waals surface area (Å²) in [4.78, 5) is 25.1. The number of nitro groups is 1. The van der Waals surface area contributed by atoms with Gasteiger partial charge in [0, 0.05) is 32.6 Å². The Bertz CT molecular complexity index is 1050. The van der Waals surface area contributed by atoms with Gasteiger partial charge in [-0.25, -0.2) is 0 Å². The molecule has 7 heteroatoms. The topological polar surface area (TPSA) is 72.2 Å². The van der Waals surface area contributed by atoms with Gasteiger partial charge in [0.25, 0.3) is 11.6 Å². The number of benzene rings is 3. The van der Waals surface area contributed by atoms with Crippen LogP contribution in [0.1, 0.15) is 21.5 Å². The molecule has 0 fully saturated rings. The third kappa shape index (κ3) is 4.52. The fourth-order valence-corrected chi connectivity index (χ4v) is 3.65. The average Bonchev–Trinajstić information content (AvgIpc) is 2.67. The van der Waals surface area contributed by atoms with Crippen LogP contribution in [-0.2, 0) is 0 Å². The summed E-state index contributed by atoms with van der Waals surface area (Å²) in [5.74, 6) is -0.395. The summed E-state index contributed by atoms with van der Waals surface area (Å²) in [6.07, 6.45) is 0. The first-order valence-corrected chi connectivity index (χ1v) is 9.64. The monoisotopic (exact) mass is 412 g/mol. The van der Waals surface area contributed by atoms with Crippen LogP contribution in [0.4, 0.5) is 11.4 Å². The Morgan fingerprint density at radius 2 is 1.79 bits per heavy atom. The molecule has 142 valence electrons. The van der Waals surface area contributed by atoms with Crippen molar-refractivity contribution in [3.63, 3.8) is 0 Å². The molecule has 0 spiro atoms. The molecule has 0 aliphatic carbocycles. The molecule has 0 saturated carbocycles. The number of hydrogen-bond donors (Lipinski definition) is 1. The first kappa shape index (κ1) is 19.9. The van der Waals surface area contributed by atoms with E-state index in [-0.39, 0.29) is 11.3 Å². The third-order valence-electron chi connectivity index (χ3n) is 4.31. The molecule has 0 atom stereocenters. The van der Waals surface area contributed by atoms with Crippen molar-refractivity contribution in [2.24, 2.45) is 0 Å². The second kappa shape index (κ2) is 8.46. The molecule has 0 radical (unpaired) electrons. The minimum atomic E-state index is -0.508. The van der Waals surface area contributed by atoms with E-state index in [0.717, 1.165) is 16.0 Å². The molecule has 28 heavy (non-hydrogen) atoms. The maximum atomic E-state index is 12.9. The van der Waals surface area contributed by atoms with E-state index >= 15 is 0 Å². The van der Waals surface area contributed by atoms with Crippen molar-refractivity contribution >= 4 is 40.6 Å². The lowest BCUT2D eigenvalue weighted by molar-refractivity contribution is -0.384. The number of nitrogens with one attached hydrogen (secondary N) is 1. The van der Waals surface area contributed by atoms with Crippen molar-refractivity contribution in [2.45, 2.75) is 23.6 Å². The zero-order valence-electron chi connectivity index (χ0n) is 15.2. The van der Waals surface area contributed by atoms with Crippen LogP contribution in [0.25, 0.3) is 0 Å². The number of anilines is 1. The van der Waals surface area contributed by atoms with Gasteiger partial charge in [-0.05, 0) is 61.4 Å². The Hall–Kier alpha value is -2.83. The van der Waals surface area contributed by atoms with E-state index in [0.29, 0.717) is 15.6 Å². The van der Waals surface area contributed by atoms with E-state index in [4.69, 9.17) is 11.6 Å². The maximum Gasteiger partial charge on any atom is 0.270 e. The fourth-order valence-electron chi connectivity index (χ4n) is 2.60. The van der Waals surface area contributed by atoms with E-state index in [1.54, 1.807) is 18.2 Å². The summed E-state index contributed by atoms with van der Waals surface area (Å²) >= 11 is 7.27. The van der Waals surface area contributed by atoms with Crippen LogP contribution >= 0.6 is 23.4 Å². The molecular formula is C21H17ClN2O3S. The summed E-state index contributed by atoms with van der Waals surface area (Å²) in [7, 11) is 0. The van der Waals surface area contributed by atoms with Gasteiger partial charge in [0.1, 0.15) is 0 Å². The summed E-state index contributed by atoms with van der Waals surface area (Å²) in [6, 6.07) is 17.1. The number of carbonyl (C=O) groups is 1. The van der Waals surface area contributed by atoms with Crippen LogP contribution in [0.15, 0.2) is 70.5 Å². The van der Waals surface area contributed by atoms with Crippen molar-refractivity contribution in [3.8, 4) is 0 Å². The lowest BCUT2D eigenvalue weighted by Crippen LogP contribution is -2.14. The third-order valence-corrected chi connectivity index (χ3v) is 5.65. The van der Waals surface area contributed by atoms with Gasteiger partial charge < -0.3 is 5.32 Å². The Kier molecular flexibility index (Phi) is 6.02. The number of rotatable bonds is 5. The average molecular weight is 413 g/mol. The fraction of sp³-hybridized carbons (Fsp3) is 0.0952. The van der Waals surface area contributed by atoms with Crippen molar-refractivity contribution in [3.05, 3.63) is 92.5 Å². The van der Waals surface area contributed by atoms with E-state index in [9.17, 15) is 14.9 Å². The van der Waals surface area contributed by atoms with Crippen molar-refractivity contribution in [1.82, 2.24) is 0 Å². The lowest BCUT2D eigenvalue weighted by atomic mass is 10.1. The number of non-ortho nitro benzene ring substituents is 1. The van der Waals surface area contributed by atoms with Gasteiger partial charge in [-0.2, -0.15) is 0 Å². The molecule has 0 saturated heterocycles. The molecule has 5 nitrogen and oxygen atoms in total. The standard InChI is InChI=1S/C21H17ClN2O3S/c1-13-4-3-5-19(14(13)2)23-21(25)18-12-16(24(26)27)8-11-20(18)28-17-9-6-15(22)7-10-17/h3-12H,1-2H3,(H,23,25). The number of carbonyl (C=O) groups excluding carboxylic acids is 1. The van der Waals surface area contributed by atoms with E-state index in [2.05, 4.69) is 5.32 Å². The predicted octanol–water partition coefficient (Wildman–Crippen LogP) is 6.27. The highest BCUT2D eigenvalue weighted by atomic mass is 35.5. The zero-order chi connectivity index (χ0) is 20.3. The molecule has 0 aliphatic heterocycles. The molecule has 0 aromatic heterocycles. The molecule has 0 bridgehead atoms. The Morgan fingerprint density at radius 3 is 2.46 bits per heavy atom. The first-order valence-electron chi connectivity index (χ1n) is 8.44. The molecular weight excluding hydrogens is 396 g/mol. The number of amides is 1. The molecule has 3 aromatic rings. The van der Waals surface area contributed by atoms with Crippen molar-refractivity contribution in [2.75, 3.05) is 5.32 Å². The summed E-state index contributed by atoms with van der Waals surface area (Å²) in [6.45, 7) is 3.88.